The molecular weight excluding hydrogens is 380 g/mol. The summed E-state index contributed by atoms with van der Waals surface area (Å²) in [5, 5.41) is 7.66. The van der Waals surface area contributed by atoms with Crippen LogP contribution in [0.15, 0.2) is 49.2 Å². The summed E-state index contributed by atoms with van der Waals surface area (Å²) in [5.41, 5.74) is 1.53. The molecule has 2 aliphatic rings. The molecule has 1 saturated carbocycles. The van der Waals surface area contributed by atoms with Crippen LogP contribution in [0.2, 0.25) is 0 Å². The number of nitrogens with one attached hydrogen (secondary N) is 2. The van der Waals surface area contributed by atoms with E-state index in [1.54, 1.807) is 19.4 Å². The molecule has 7 heteroatoms. The Morgan fingerprint density at radius 3 is 2.67 bits per heavy atom. The third-order valence-electron chi connectivity index (χ3n) is 4.94. The fourth-order valence-electron chi connectivity index (χ4n) is 3.19. The topological polar surface area (TPSA) is 85.4 Å². The van der Waals surface area contributed by atoms with Gasteiger partial charge >= 0.3 is 0 Å². The zero-order chi connectivity index (χ0) is 20.5. The standard InChI is InChI=1S/C23H18N4O3/c1-24-22-18-13-25-21(27-23(28)15-5-6-15)11-17(18)16(12-26-22)4-2-14-3-7-19-20(10-14)30-9-8-29-19/h3,7-13,15H,5-6H2,1H3,(H,24,26)(H,25,27,28). The molecule has 3 heterocycles. The zero-order valence-corrected chi connectivity index (χ0v) is 16.2. The maximum Gasteiger partial charge on any atom is 0.228 e. The van der Waals surface area contributed by atoms with Crippen LogP contribution in [0, 0.1) is 17.8 Å². The SMILES string of the molecule is CNc1ncc(C#Cc2ccc3c(c2)OC=CO3)c2cc(NC(=O)C3CC3)ncc12. The molecular formula is C23H18N4O3. The lowest BCUT2D eigenvalue weighted by molar-refractivity contribution is -0.117. The van der Waals surface area contributed by atoms with Crippen molar-refractivity contribution in [2.24, 2.45) is 5.92 Å². The van der Waals surface area contributed by atoms with Crippen molar-refractivity contribution in [3.05, 3.63) is 60.3 Å². The number of pyridine rings is 2. The van der Waals surface area contributed by atoms with Crippen molar-refractivity contribution in [3.8, 4) is 23.3 Å². The third kappa shape index (κ3) is 3.51. The van der Waals surface area contributed by atoms with Crippen molar-refractivity contribution < 1.29 is 14.3 Å². The summed E-state index contributed by atoms with van der Waals surface area (Å²) in [6, 6.07) is 7.36. The maximum absolute atomic E-state index is 12.1. The highest BCUT2D eigenvalue weighted by Gasteiger charge is 2.29. The van der Waals surface area contributed by atoms with Crippen molar-refractivity contribution in [1.29, 1.82) is 0 Å². The van der Waals surface area contributed by atoms with Gasteiger partial charge in [0.15, 0.2) is 11.5 Å². The number of aromatic nitrogens is 2. The Hall–Kier alpha value is -4.05. The van der Waals surface area contributed by atoms with E-state index in [-0.39, 0.29) is 11.8 Å². The van der Waals surface area contributed by atoms with Gasteiger partial charge in [-0.15, -0.1) is 0 Å². The molecule has 1 aliphatic carbocycles. The molecule has 7 nitrogen and oxygen atoms in total. The van der Waals surface area contributed by atoms with E-state index in [9.17, 15) is 4.79 Å². The van der Waals surface area contributed by atoms with Crippen molar-refractivity contribution in [3.63, 3.8) is 0 Å². The van der Waals surface area contributed by atoms with E-state index in [1.165, 1.54) is 12.5 Å². The lowest BCUT2D eigenvalue weighted by Crippen LogP contribution is -2.14. The molecule has 0 saturated heterocycles. The number of benzene rings is 1. The Balaban J connectivity index is 1.52. The third-order valence-corrected chi connectivity index (χ3v) is 4.94. The minimum atomic E-state index is 0.0164. The van der Waals surface area contributed by atoms with Gasteiger partial charge in [0.25, 0.3) is 0 Å². The van der Waals surface area contributed by atoms with E-state index >= 15 is 0 Å². The first-order valence-corrected chi connectivity index (χ1v) is 9.63. The van der Waals surface area contributed by atoms with E-state index in [1.807, 2.05) is 24.3 Å². The van der Waals surface area contributed by atoms with Crippen molar-refractivity contribution >= 4 is 28.3 Å². The number of nitrogens with zero attached hydrogens (tertiary/aromatic N) is 2. The normalized spacial score (nSPS) is 14.0. The Kier molecular flexibility index (Phi) is 4.45. The van der Waals surface area contributed by atoms with E-state index < -0.39 is 0 Å². The van der Waals surface area contributed by atoms with Gasteiger partial charge in [0.2, 0.25) is 5.91 Å². The van der Waals surface area contributed by atoms with Gasteiger partial charge in [-0.05, 0) is 31.0 Å². The number of hydrogen-bond acceptors (Lipinski definition) is 6. The highest BCUT2D eigenvalue weighted by molar-refractivity contribution is 5.99. The van der Waals surface area contributed by atoms with Crippen LogP contribution in [0.25, 0.3) is 10.8 Å². The van der Waals surface area contributed by atoms with Crippen LogP contribution in [0.4, 0.5) is 11.6 Å². The zero-order valence-electron chi connectivity index (χ0n) is 16.2. The summed E-state index contributed by atoms with van der Waals surface area (Å²) in [7, 11) is 1.81. The number of rotatable bonds is 3. The first kappa shape index (κ1) is 18.0. The van der Waals surface area contributed by atoms with Gasteiger partial charge in [0.05, 0.1) is 5.56 Å². The number of ether oxygens (including phenoxy) is 2. The van der Waals surface area contributed by atoms with Crippen LogP contribution in [-0.2, 0) is 4.79 Å². The Bertz CT molecular complexity index is 1250. The molecule has 0 radical (unpaired) electrons. The second kappa shape index (κ2) is 7.41. The molecule has 0 atom stereocenters. The van der Waals surface area contributed by atoms with E-state index in [0.29, 0.717) is 23.1 Å². The van der Waals surface area contributed by atoms with Gasteiger partial charge in [0.1, 0.15) is 24.2 Å². The predicted octanol–water partition coefficient (Wildman–Crippen LogP) is 3.66. The predicted molar refractivity (Wildman–Crippen MR) is 113 cm³/mol. The van der Waals surface area contributed by atoms with Crippen LogP contribution in [0.1, 0.15) is 24.0 Å². The second-order valence-electron chi connectivity index (χ2n) is 7.07. The summed E-state index contributed by atoms with van der Waals surface area (Å²) in [6.45, 7) is 0. The van der Waals surface area contributed by atoms with Gasteiger partial charge in [0, 0.05) is 47.8 Å². The summed E-state index contributed by atoms with van der Waals surface area (Å²) in [6.07, 6.45) is 8.28. The van der Waals surface area contributed by atoms with Crippen LogP contribution < -0.4 is 20.1 Å². The van der Waals surface area contributed by atoms with Gasteiger partial charge in [-0.25, -0.2) is 9.97 Å². The molecule has 0 unspecified atom stereocenters. The van der Waals surface area contributed by atoms with Gasteiger partial charge in [-0.3, -0.25) is 4.79 Å². The fourth-order valence-corrected chi connectivity index (χ4v) is 3.19. The van der Waals surface area contributed by atoms with Gasteiger partial charge < -0.3 is 20.1 Å². The first-order chi connectivity index (χ1) is 14.7. The number of carbonyl (C=O) groups is 1. The maximum atomic E-state index is 12.1. The molecule has 30 heavy (non-hydrogen) atoms. The molecule has 3 aromatic rings. The monoisotopic (exact) mass is 398 g/mol. The van der Waals surface area contributed by atoms with Gasteiger partial charge in [-0.2, -0.15) is 0 Å². The van der Waals surface area contributed by atoms with Crippen molar-refractivity contribution in [2.75, 3.05) is 17.7 Å². The molecule has 1 amide bonds. The van der Waals surface area contributed by atoms with E-state index in [2.05, 4.69) is 32.4 Å². The number of carbonyl (C=O) groups excluding carboxylic acids is 1. The Labute approximate surface area is 173 Å². The Morgan fingerprint density at radius 1 is 1.03 bits per heavy atom. The molecule has 1 aromatic carbocycles. The minimum Gasteiger partial charge on any atom is -0.458 e. The molecule has 2 aromatic heterocycles. The smallest absolute Gasteiger partial charge is 0.228 e. The Morgan fingerprint density at radius 2 is 1.87 bits per heavy atom. The van der Waals surface area contributed by atoms with Gasteiger partial charge in [-0.1, -0.05) is 11.8 Å². The molecule has 1 aliphatic heterocycles. The first-order valence-electron chi connectivity index (χ1n) is 9.63. The largest absolute Gasteiger partial charge is 0.458 e. The summed E-state index contributed by atoms with van der Waals surface area (Å²) < 4.78 is 10.8. The number of hydrogen-bond donors (Lipinski definition) is 2. The van der Waals surface area contributed by atoms with Crippen LogP contribution in [0.5, 0.6) is 11.5 Å². The quantitative estimate of drug-likeness (QED) is 0.655. The molecule has 148 valence electrons. The van der Waals surface area contributed by atoms with Crippen molar-refractivity contribution in [1.82, 2.24) is 9.97 Å². The van der Waals surface area contributed by atoms with Crippen LogP contribution >= 0.6 is 0 Å². The minimum absolute atomic E-state index is 0.0164. The average molecular weight is 398 g/mol. The average Bonchev–Trinajstić information content (AvgIpc) is 3.63. The van der Waals surface area contributed by atoms with Crippen LogP contribution in [0.3, 0.4) is 0 Å². The molecule has 5 rings (SSSR count). The second-order valence-corrected chi connectivity index (χ2v) is 7.07. The molecule has 1 fully saturated rings. The number of fused-ring (bicyclic) bond motifs is 2. The number of amides is 1. The highest BCUT2D eigenvalue weighted by Crippen LogP contribution is 2.32. The highest BCUT2D eigenvalue weighted by atomic mass is 16.5. The molecule has 0 spiro atoms. The number of anilines is 2. The van der Waals surface area contributed by atoms with E-state index in [4.69, 9.17) is 9.47 Å². The van der Waals surface area contributed by atoms with E-state index in [0.717, 1.165) is 34.7 Å². The summed E-state index contributed by atoms with van der Waals surface area (Å²) >= 11 is 0. The fraction of sp³-hybridized carbons (Fsp3) is 0.174. The molecule has 0 bridgehead atoms. The van der Waals surface area contributed by atoms with Crippen LogP contribution in [-0.4, -0.2) is 22.9 Å². The lowest BCUT2D eigenvalue weighted by atomic mass is 10.1. The summed E-state index contributed by atoms with van der Waals surface area (Å²) in [4.78, 5) is 20.9. The van der Waals surface area contributed by atoms with Crippen molar-refractivity contribution in [2.45, 2.75) is 12.8 Å². The lowest BCUT2D eigenvalue weighted by Gasteiger charge is -2.11. The molecule has 2 N–H and O–H groups in total. The summed E-state index contributed by atoms with van der Waals surface area (Å²) in [5.74, 6) is 8.94.